The minimum atomic E-state index is -3.76. The molecule has 0 aromatic heterocycles. The van der Waals surface area contributed by atoms with Crippen LogP contribution >= 0.6 is 11.6 Å². The Kier molecular flexibility index (Phi) is 5.24. The summed E-state index contributed by atoms with van der Waals surface area (Å²) >= 11 is 5.62. The topological polar surface area (TPSA) is 66.4 Å². The Balaban J connectivity index is 2.11. The summed E-state index contributed by atoms with van der Waals surface area (Å²) in [6, 6.07) is 3.29. The normalized spacial score (nSPS) is 18.6. The van der Waals surface area contributed by atoms with Gasteiger partial charge in [0.05, 0.1) is 9.92 Å². The average molecular weight is 336 g/mol. The maximum Gasteiger partial charge on any atom is 0.240 e. The van der Waals surface area contributed by atoms with Crippen LogP contribution in [0, 0.1) is 11.2 Å². The predicted molar refractivity (Wildman–Crippen MR) is 79.2 cm³/mol. The Morgan fingerprint density at radius 2 is 1.95 bits per heavy atom. The standard InChI is InChI=1S/C14H19ClFNO3S/c15-12-8-11(4-5-13(12)16)21(19,20)17-9-14(10-18)6-2-1-3-7-14/h4-5,8,17-18H,1-3,6-7,9-10H2. The number of hydrogen-bond donors (Lipinski definition) is 2. The number of aliphatic hydroxyl groups excluding tert-OH is 1. The molecule has 0 atom stereocenters. The third-order valence-electron chi connectivity index (χ3n) is 4.09. The van der Waals surface area contributed by atoms with Crippen LogP contribution in [0.15, 0.2) is 23.1 Å². The van der Waals surface area contributed by atoms with E-state index in [0.29, 0.717) is 0 Å². The number of hydrogen-bond acceptors (Lipinski definition) is 3. The second-order valence-electron chi connectivity index (χ2n) is 5.62. The van der Waals surface area contributed by atoms with Crippen LogP contribution in [0.1, 0.15) is 32.1 Å². The fraction of sp³-hybridized carbons (Fsp3) is 0.571. The summed E-state index contributed by atoms with van der Waals surface area (Å²) in [7, 11) is -3.76. The lowest BCUT2D eigenvalue weighted by atomic mass is 9.75. The molecule has 1 aliphatic carbocycles. The van der Waals surface area contributed by atoms with Crippen LogP contribution in [0.3, 0.4) is 0 Å². The lowest BCUT2D eigenvalue weighted by molar-refractivity contribution is 0.0867. The van der Waals surface area contributed by atoms with Gasteiger partial charge in [0.2, 0.25) is 10.0 Å². The summed E-state index contributed by atoms with van der Waals surface area (Å²) < 4.78 is 40.1. The van der Waals surface area contributed by atoms with E-state index in [0.717, 1.165) is 44.2 Å². The third-order valence-corrected chi connectivity index (χ3v) is 5.78. The van der Waals surface area contributed by atoms with Gasteiger partial charge in [-0.15, -0.1) is 0 Å². The summed E-state index contributed by atoms with van der Waals surface area (Å²) in [6.45, 7) is 0.139. The molecule has 1 saturated carbocycles. The molecule has 0 unspecified atom stereocenters. The summed E-state index contributed by atoms with van der Waals surface area (Å²) in [5.74, 6) is -0.658. The van der Waals surface area contributed by atoms with E-state index < -0.39 is 21.3 Å². The van der Waals surface area contributed by atoms with Crippen molar-refractivity contribution in [3.05, 3.63) is 29.0 Å². The van der Waals surface area contributed by atoms with Gasteiger partial charge in [-0.05, 0) is 31.0 Å². The molecule has 2 N–H and O–H groups in total. The summed E-state index contributed by atoms with van der Waals surface area (Å²) in [5.41, 5.74) is -0.394. The second-order valence-corrected chi connectivity index (χ2v) is 7.79. The zero-order valence-electron chi connectivity index (χ0n) is 11.6. The largest absolute Gasteiger partial charge is 0.396 e. The zero-order chi connectivity index (χ0) is 15.5. The highest BCUT2D eigenvalue weighted by molar-refractivity contribution is 7.89. The van der Waals surface area contributed by atoms with Crippen LogP contribution < -0.4 is 4.72 Å². The number of rotatable bonds is 5. The summed E-state index contributed by atoms with van der Waals surface area (Å²) in [4.78, 5) is -0.0715. The van der Waals surface area contributed by atoms with E-state index in [1.165, 1.54) is 6.07 Å². The molecule has 0 heterocycles. The van der Waals surface area contributed by atoms with Gasteiger partial charge >= 0.3 is 0 Å². The maximum atomic E-state index is 13.1. The minimum absolute atomic E-state index is 0.0420. The first-order valence-electron chi connectivity index (χ1n) is 6.94. The van der Waals surface area contributed by atoms with Crippen LogP contribution in [0.25, 0.3) is 0 Å². The van der Waals surface area contributed by atoms with Gasteiger partial charge in [-0.1, -0.05) is 30.9 Å². The molecule has 1 fully saturated rings. The quantitative estimate of drug-likeness (QED) is 0.869. The van der Waals surface area contributed by atoms with Crippen LogP contribution in [0.5, 0.6) is 0 Å². The SMILES string of the molecule is O=S(=O)(NCC1(CO)CCCCC1)c1ccc(F)c(Cl)c1. The number of nitrogens with one attached hydrogen (secondary N) is 1. The van der Waals surface area contributed by atoms with Gasteiger partial charge in [-0.3, -0.25) is 0 Å². The van der Waals surface area contributed by atoms with E-state index in [9.17, 15) is 17.9 Å². The molecule has 1 aliphatic rings. The molecule has 0 saturated heterocycles. The Labute approximate surface area is 129 Å². The van der Waals surface area contributed by atoms with Gasteiger partial charge in [-0.2, -0.15) is 0 Å². The third kappa shape index (κ3) is 3.94. The molecule has 2 rings (SSSR count). The van der Waals surface area contributed by atoms with Crippen molar-refractivity contribution in [3.8, 4) is 0 Å². The van der Waals surface area contributed by atoms with E-state index in [1.54, 1.807) is 0 Å². The van der Waals surface area contributed by atoms with E-state index in [1.807, 2.05) is 0 Å². The number of aliphatic hydroxyl groups is 1. The van der Waals surface area contributed by atoms with Crippen LogP contribution in [-0.2, 0) is 10.0 Å². The van der Waals surface area contributed by atoms with E-state index in [4.69, 9.17) is 11.6 Å². The number of benzene rings is 1. The molecule has 118 valence electrons. The molecule has 21 heavy (non-hydrogen) atoms. The fourth-order valence-electron chi connectivity index (χ4n) is 2.67. The van der Waals surface area contributed by atoms with Crippen LogP contribution in [-0.4, -0.2) is 26.7 Å². The Morgan fingerprint density at radius 1 is 1.29 bits per heavy atom. The molecule has 4 nitrogen and oxygen atoms in total. The van der Waals surface area contributed by atoms with Gasteiger partial charge in [0.15, 0.2) is 0 Å². The molecule has 0 aliphatic heterocycles. The molecule has 1 aromatic rings. The fourth-order valence-corrected chi connectivity index (χ4v) is 4.10. The van der Waals surface area contributed by atoms with Crippen LogP contribution in [0.2, 0.25) is 5.02 Å². The molecular formula is C14H19ClFNO3S. The average Bonchev–Trinajstić information content (AvgIpc) is 2.49. The van der Waals surface area contributed by atoms with Crippen molar-refractivity contribution in [3.63, 3.8) is 0 Å². The van der Waals surface area contributed by atoms with Gasteiger partial charge in [0.25, 0.3) is 0 Å². The van der Waals surface area contributed by atoms with Crippen molar-refractivity contribution in [1.29, 1.82) is 0 Å². The smallest absolute Gasteiger partial charge is 0.240 e. The predicted octanol–water partition coefficient (Wildman–Crippen LogP) is 2.70. The minimum Gasteiger partial charge on any atom is -0.396 e. The van der Waals surface area contributed by atoms with Crippen molar-refractivity contribution in [2.75, 3.05) is 13.2 Å². The molecule has 0 radical (unpaired) electrons. The lowest BCUT2D eigenvalue weighted by Crippen LogP contribution is -2.41. The molecule has 7 heteroatoms. The van der Waals surface area contributed by atoms with Crippen molar-refractivity contribution in [2.24, 2.45) is 5.41 Å². The first kappa shape index (κ1) is 16.7. The second kappa shape index (κ2) is 6.60. The van der Waals surface area contributed by atoms with E-state index in [-0.39, 0.29) is 23.1 Å². The van der Waals surface area contributed by atoms with Crippen molar-refractivity contribution in [2.45, 2.75) is 37.0 Å². The Hall–Kier alpha value is -0.690. The highest BCUT2D eigenvalue weighted by Gasteiger charge is 2.32. The molecule has 0 bridgehead atoms. The highest BCUT2D eigenvalue weighted by Crippen LogP contribution is 2.35. The first-order valence-corrected chi connectivity index (χ1v) is 8.80. The summed E-state index contributed by atoms with van der Waals surface area (Å²) in [6.07, 6.45) is 4.70. The molecular weight excluding hydrogens is 317 g/mol. The number of sulfonamides is 1. The Morgan fingerprint density at radius 3 is 2.52 bits per heavy atom. The summed E-state index contributed by atoms with van der Waals surface area (Å²) in [5, 5.41) is 9.35. The monoisotopic (exact) mass is 335 g/mol. The molecule has 1 aromatic carbocycles. The van der Waals surface area contributed by atoms with Gasteiger partial charge in [-0.25, -0.2) is 17.5 Å². The van der Waals surface area contributed by atoms with E-state index in [2.05, 4.69) is 4.72 Å². The van der Waals surface area contributed by atoms with Gasteiger partial charge < -0.3 is 5.11 Å². The zero-order valence-corrected chi connectivity index (χ0v) is 13.2. The maximum absolute atomic E-state index is 13.1. The van der Waals surface area contributed by atoms with Crippen LogP contribution in [0.4, 0.5) is 4.39 Å². The molecule has 0 amide bonds. The van der Waals surface area contributed by atoms with Gasteiger partial charge in [0.1, 0.15) is 5.82 Å². The Bertz CT molecular complexity index is 600. The number of halogens is 2. The first-order chi connectivity index (χ1) is 9.88. The highest BCUT2D eigenvalue weighted by atomic mass is 35.5. The lowest BCUT2D eigenvalue weighted by Gasteiger charge is -2.35. The van der Waals surface area contributed by atoms with Crippen molar-refractivity contribution >= 4 is 21.6 Å². The van der Waals surface area contributed by atoms with Crippen molar-refractivity contribution < 1.29 is 17.9 Å². The van der Waals surface area contributed by atoms with Gasteiger partial charge in [0, 0.05) is 18.6 Å². The van der Waals surface area contributed by atoms with E-state index >= 15 is 0 Å². The molecule has 0 spiro atoms. The van der Waals surface area contributed by atoms with Crippen molar-refractivity contribution in [1.82, 2.24) is 4.72 Å².